The molecule has 2 fully saturated rings. The number of carboxylic acid groups (broad SMARTS) is 1. The number of aromatic nitrogens is 1. The SMILES string of the molecule is O=C(O)C(F)(F)F.O=C1CC2(CCNCC2)CCN1c1ccc(Cl)nc1. The average molecular weight is 394 g/mol. The zero-order chi connectivity index (χ0) is 19.4. The monoisotopic (exact) mass is 393 g/mol. The van der Waals surface area contributed by atoms with E-state index in [-0.39, 0.29) is 11.3 Å². The first-order valence-electron chi connectivity index (χ1n) is 8.06. The normalized spacial score (nSPS) is 19.7. The molecule has 26 heavy (non-hydrogen) atoms. The van der Waals surface area contributed by atoms with Crippen LogP contribution in [0.5, 0.6) is 0 Å². The molecular formula is C16H19ClF3N3O3. The summed E-state index contributed by atoms with van der Waals surface area (Å²) in [5.74, 6) is -2.54. The summed E-state index contributed by atoms with van der Waals surface area (Å²) in [6.45, 7) is 2.87. The number of aliphatic carboxylic acids is 1. The number of carboxylic acids is 1. The lowest BCUT2D eigenvalue weighted by atomic mass is 9.71. The standard InChI is InChI=1S/C14H18ClN3O.C2HF3O2/c15-12-2-1-11(10-17-12)18-8-5-14(9-13(18)19)3-6-16-7-4-14;3-2(4,5)1(6)7/h1-2,10,16H,3-9H2;(H,6,7). The number of hydrogen-bond donors (Lipinski definition) is 2. The zero-order valence-corrected chi connectivity index (χ0v) is 14.6. The first-order valence-corrected chi connectivity index (χ1v) is 8.44. The van der Waals surface area contributed by atoms with Crippen LogP contribution in [0.3, 0.4) is 0 Å². The minimum absolute atomic E-state index is 0.220. The molecule has 0 aliphatic carbocycles. The Morgan fingerprint density at radius 2 is 1.88 bits per heavy atom. The molecule has 0 bridgehead atoms. The Hall–Kier alpha value is -1.87. The fourth-order valence-corrected chi connectivity index (χ4v) is 3.27. The first-order chi connectivity index (χ1) is 12.1. The van der Waals surface area contributed by atoms with Crippen molar-refractivity contribution in [3.63, 3.8) is 0 Å². The van der Waals surface area contributed by atoms with Crippen LogP contribution in [0.15, 0.2) is 18.3 Å². The van der Waals surface area contributed by atoms with Crippen LogP contribution in [0.2, 0.25) is 5.15 Å². The molecule has 0 atom stereocenters. The van der Waals surface area contributed by atoms with E-state index in [2.05, 4.69) is 10.3 Å². The molecule has 2 N–H and O–H groups in total. The Balaban J connectivity index is 0.000000298. The lowest BCUT2D eigenvalue weighted by Gasteiger charge is -2.43. The third-order valence-electron chi connectivity index (χ3n) is 4.62. The van der Waals surface area contributed by atoms with Crippen molar-refractivity contribution in [1.29, 1.82) is 0 Å². The number of hydrogen-bond acceptors (Lipinski definition) is 4. The fourth-order valence-electron chi connectivity index (χ4n) is 3.16. The number of rotatable bonds is 1. The Morgan fingerprint density at radius 3 is 2.35 bits per heavy atom. The van der Waals surface area contributed by atoms with Crippen molar-refractivity contribution in [3.8, 4) is 0 Å². The maximum absolute atomic E-state index is 12.4. The molecule has 1 aromatic heterocycles. The predicted molar refractivity (Wildman–Crippen MR) is 89.1 cm³/mol. The fraction of sp³-hybridized carbons (Fsp3) is 0.562. The molecule has 3 heterocycles. The highest BCUT2D eigenvalue weighted by molar-refractivity contribution is 6.29. The van der Waals surface area contributed by atoms with E-state index in [0.29, 0.717) is 11.6 Å². The van der Waals surface area contributed by atoms with Crippen molar-refractivity contribution in [3.05, 3.63) is 23.5 Å². The summed E-state index contributed by atoms with van der Waals surface area (Å²) in [6.07, 6.45) is 0.581. The third-order valence-corrected chi connectivity index (χ3v) is 4.85. The maximum atomic E-state index is 12.4. The Bertz CT molecular complexity index is 646. The van der Waals surface area contributed by atoms with Crippen molar-refractivity contribution < 1.29 is 27.9 Å². The van der Waals surface area contributed by atoms with Gasteiger partial charge in [0, 0.05) is 13.0 Å². The minimum Gasteiger partial charge on any atom is -0.475 e. The number of carbonyl (C=O) groups excluding carboxylic acids is 1. The van der Waals surface area contributed by atoms with Gasteiger partial charge in [-0.2, -0.15) is 13.2 Å². The van der Waals surface area contributed by atoms with E-state index in [1.807, 2.05) is 11.0 Å². The number of amides is 1. The smallest absolute Gasteiger partial charge is 0.475 e. The quantitative estimate of drug-likeness (QED) is 0.717. The van der Waals surface area contributed by atoms with E-state index in [4.69, 9.17) is 21.5 Å². The molecule has 6 nitrogen and oxygen atoms in total. The molecule has 10 heteroatoms. The van der Waals surface area contributed by atoms with Crippen LogP contribution in [0.25, 0.3) is 0 Å². The number of piperidine rings is 2. The zero-order valence-electron chi connectivity index (χ0n) is 13.9. The van der Waals surface area contributed by atoms with Crippen molar-refractivity contribution in [2.24, 2.45) is 5.41 Å². The van der Waals surface area contributed by atoms with Gasteiger partial charge in [-0.05, 0) is 49.9 Å². The minimum atomic E-state index is -5.08. The highest BCUT2D eigenvalue weighted by Gasteiger charge is 2.40. The van der Waals surface area contributed by atoms with Gasteiger partial charge in [0.25, 0.3) is 0 Å². The molecular weight excluding hydrogens is 375 g/mol. The van der Waals surface area contributed by atoms with Crippen LogP contribution in [0.4, 0.5) is 18.9 Å². The molecule has 0 aromatic carbocycles. The largest absolute Gasteiger partial charge is 0.490 e. The number of pyridine rings is 1. The summed E-state index contributed by atoms with van der Waals surface area (Å²) >= 11 is 5.78. The number of nitrogens with zero attached hydrogens (tertiary/aromatic N) is 2. The molecule has 2 saturated heterocycles. The van der Waals surface area contributed by atoms with Crippen LogP contribution in [0, 0.1) is 5.41 Å². The van der Waals surface area contributed by atoms with Crippen molar-refractivity contribution in [2.45, 2.75) is 31.9 Å². The number of alkyl halides is 3. The molecule has 2 aliphatic rings. The van der Waals surface area contributed by atoms with Crippen molar-refractivity contribution >= 4 is 29.2 Å². The van der Waals surface area contributed by atoms with Crippen LogP contribution in [-0.2, 0) is 9.59 Å². The van der Waals surface area contributed by atoms with E-state index in [1.54, 1.807) is 12.3 Å². The molecule has 1 amide bonds. The van der Waals surface area contributed by atoms with Gasteiger partial charge in [-0.15, -0.1) is 0 Å². The van der Waals surface area contributed by atoms with E-state index >= 15 is 0 Å². The summed E-state index contributed by atoms with van der Waals surface area (Å²) in [6, 6.07) is 3.60. The number of anilines is 1. The molecule has 1 spiro atoms. The molecule has 3 rings (SSSR count). The van der Waals surface area contributed by atoms with Crippen molar-refractivity contribution in [2.75, 3.05) is 24.5 Å². The first kappa shape index (κ1) is 20.4. The van der Waals surface area contributed by atoms with E-state index in [9.17, 15) is 18.0 Å². The summed E-state index contributed by atoms with van der Waals surface area (Å²) in [7, 11) is 0. The average Bonchev–Trinajstić information content (AvgIpc) is 2.56. The summed E-state index contributed by atoms with van der Waals surface area (Å²) < 4.78 is 31.7. The van der Waals surface area contributed by atoms with Gasteiger partial charge in [0.1, 0.15) is 5.15 Å². The maximum Gasteiger partial charge on any atom is 0.490 e. The summed E-state index contributed by atoms with van der Waals surface area (Å²) in [4.78, 5) is 27.2. The second-order valence-electron chi connectivity index (χ2n) is 6.36. The van der Waals surface area contributed by atoms with Gasteiger partial charge >= 0.3 is 12.1 Å². The Morgan fingerprint density at radius 1 is 1.27 bits per heavy atom. The summed E-state index contributed by atoms with van der Waals surface area (Å²) in [5.41, 5.74) is 1.09. The van der Waals surface area contributed by atoms with Gasteiger partial charge in [-0.25, -0.2) is 9.78 Å². The molecule has 0 radical (unpaired) electrons. The number of carbonyl (C=O) groups is 2. The van der Waals surface area contributed by atoms with Gasteiger partial charge in [0.05, 0.1) is 11.9 Å². The van der Waals surface area contributed by atoms with Gasteiger partial charge in [0.2, 0.25) is 5.91 Å². The van der Waals surface area contributed by atoms with Gasteiger partial charge in [0.15, 0.2) is 0 Å². The second-order valence-corrected chi connectivity index (χ2v) is 6.75. The second kappa shape index (κ2) is 8.22. The lowest BCUT2D eigenvalue weighted by molar-refractivity contribution is -0.192. The molecule has 1 aromatic rings. The van der Waals surface area contributed by atoms with E-state index in [1.165, 1.54) is 0 Å². The van der Waals surface area contributed by atoms with Crippen molar-refractivity contribution in [1.82, 2.24) is 10.3 Å². The highest BCUT2D eigenvalue weighted by Crippen LogP contribution is 2.41. The van der Waals surface area contributed by atoms with Crippen LogP contribution < -0.4 is 10.2 Å². The predicted octanol–water partition coefficient (Wildman–Crippen LogP) is 2.86. The number of nitrogens with one attached hydrogen (secondary N) is 1. The Labute approximate surface area is 153 Å². The molecule has 144 valence electrons. The Kier molecular flexibility index (Phi) is 6.46. The number of halogens is 4. The van der Waals surface area contributed by atoms with E-state index < -0.39 is 12.1 Å². The van der Waals surface area contributed by atoms with Crippen LogP contribution in [0.1, 0.15) is 25.7 Å². The molecule has 0 saturated carbocycles. The van der Waals surface area contributed by atoms with Crippen LogP contribution >= 0.6 is 11.6 Å². The van der Waals surface area contributed by atoms with Gasteiger partial charge in [-0.1, -0.05) is 11.6 Å². The topological polar surface area (TPSA) is 82.5 Å². The lowest BCUT2D eigenvalue weighted by Crippen LogP contribution is -2.48. The van der Waals surface area contributed by atoms with Gasteiger partial charge in [-0.3, -0.25) is 4.79 Å². The van der Waals surface area contributed by atoms with Crippen LogP contribution in [-0.4, -0.2) is 47.8 Å². The third kappa shape index (κ3) is 5.31. The molecule has 2 aliphatic heterocycles. The highest BCUT2D eigenvalue weighted by atomic mass is 35.5. The molecule has 0 unspecified atom stereocenters. The van der Waals surface area contributed by atoms with Gasteiger partial charge < -0.3 is 15.3 Å². The summed E-state index contributed by atoms with van der Waals surface area (Å²) in [5, 5.41) is 11.0. The van der Waals surface area contributed by atoms with E-state index in [0.717, 1.165) is 44.6 Å².